The van der Waals surface area contributed by atoms with E-state index in [0.717, 1.165) is 37.8 Å². The van der Waals surface area contributed by atoms with E-state index >= 15 is 0 Å². The minimum absolute atomic E-state index is 0.324. The van der Waals surface area contributed by atoms with Crippen LogP contribution in [-0.4, -0.2) is 45.5 Å². The molecule has 2 aromatic rings. The first kappa shape index (κ1) is 22.1. The van der Waals surface area contributed by atoms with Crippen molar-refractivity contribution in [3.05, 3.63) is 65.2 Å². The van der Waals surface area contributed by atoms with Crippen molar-refractivity contribution in [2.45, 2.75) is 39.0 Å². The van der Waals surface area contributed by atoms with Crippen LogP contribution in [0.15, 0.2) is 53.5 Å². The van der Waals surface area contributed by atoms with E-state index in [0.29, 0.717) is 32.4 Å². The van der Waals surface area contributed by atoms with Gasteiger partial charge < -0.3 is 24.8 Å². The zero-order valence-electron chi connectivity index (χ0n) is 18.0. The van der Waals surface area contributed by atoms with Gasteiger partial charge in [-0.2, -0.15) is 0 Å². The van der Waals surface area contributed by atoms with E-state index in [1.54, 1.807) is 7.05 Å². The van der Waals surface area contributed by atoms with E-state index < -0.39 is 0 Å². The summed E-state index contributed by atoms with van der Waals surface area (Å²) in [6.07, 6.45) is 2.30. The SMILES string of the molecule is CN=C(NCCOc1ccc(C)cc1)NCc1ccc(COC2CCOCC2)cc1. The van der Waals surface area contributed by atoms with E-state index in [9.17, 15) is 0 Å². The lowest BCUT2D eigenvalue weighted by molar-refractivity contribution is -0.0390. The third kappa shape index (κ3) is 7.69. The summed E-state index contributed by atoms with van der Waals surface area (Å²) in [6.45, 7) is 6.30. The predicted octanol–water partition coefficient (Wildman–Crippen LogP) is 3.43. The number of aryl methyl sites for hydroxylation is 1. The van der Waals surface area contributed by atoms with Crippen LogP contribution in [0, 0.1) is 6.92 Å². The summed E-state index contributed by atoms with van der Waals surface area (Å²) in [4.78, 5) is 4.27. The molecule has 0 radical (unpaired) electrons. The van der Waals surface area contributed by atoms with Gasteiger partial charge in [-0.25, -0.2) is 0 Å². The molecule has 1 heterocycles. The summed E-state index contributed by atoms with van der Waals surface area (Å²) in [6, 6.07) is 16.6. The number of ether oxygens (including phenoxy) is 3. The second kappa shape index (κ2) is 12.2. The topological polar surface area (TPSA) is 64.1 Å². The number of aliphatic imine (C=N–C) groups is 1. The first-order valence-electron chi connectivity index (χ1n) is 10.6. The summed E-state index contributed by atoms with van der Waals surface area (Å²) in [5, 5.41) is 6.61. The Morgan fingerprint density at radius 1 is 1.00 bits per heavy atom. The van der Waals surface area contributed by atoms with Gasteiger partial charge in [-0.15, -0.1) is 0 Å². The maximum atomic E-state index is 5.98. The third-order valence-electron chi connectivity index (χ3n) is 5.04. The molecule has 0 saturated carbocycles. The Labute approximate surface area is 179 Å². The lowest BCUT2D eigenvalue weighted by Gasteiger charge is -2.22. The van der Waals surface area contributed by atoms with Crippen LogP contribution in [-0.2, 0) is 22.6 Å². The molecule has 2 N–H and O–H groups in total. The molecule has 0 aliphatic carbocycles. The zero-order chi connectivity index (χ0) is 21.0. The first-order valence-corrected chi connectivity index (χ1v) is 10.6. The monoisotopic (exact) mass is 411 g/mol. The highest BCUT2D eigenvalue weighted by Gasteiger charge is 2.13. The molecule has 1 aliphatic rings. The van der Waals surface area contributed by atoms with Crippen LogP contribution in [0.2, 0.25) is 0 Å². The summed E-state index contributed by atoms with van der Waals surface area (Å²) >= 11 is 0. The highest BCUT2D eigenvalue weighted by molar-refractivity contribution is 5.79. The highest BCUT2D eigenvalue weighted by Crippen LogP contribution is 2.14. The Kier molecular flexibility index (Phi) is 9.00. The van der Waals surface area contributed by atoms with Crippen LogP contribution >= 0.6 is 0 Å². The molecule has 162 valence electrons. The van der Waals surface area contributed by atoms with Crippen LogP contribution < -0.4 is 15.4 Å². The molecule has 0 spiro atoms. The van der Waals surface area contributed by atoms with E-state index in [2.05, 4.69) is 46.8 Å². The normalized spacial score (nSPS) is 15.1. The molecular formula is C24H33N3O3. The molecule has 0 unspecified atom stereocenters. The largest absolute Gasteiger partial charge is 0.492 e. The van der Waals surface area contributed by atoms with E-state index in [-0.39, 0.29) is 0 Å². The molecule has 0 aromatic heterocycles. The lowest BCUT2D eigenvalue weighted by atomic mass is 10.1. The second-order valence-electron chi connectivity index (χ2n) is 7.45. The van der Waals surface area contributed by atoms with Crippen molar-refractivity contribution in [2.24, 2.45) is 4.99 Å². The zero-order valence-corrected chi connectivity index (χ0v) is 18.0. The van der Waals surface area contributed by atoms with Crippen molar-refractivity contribution in [3.8, 4) is 5.75 Å². The fraction of sp³-hybridized carbons (Fsp3) is 0.458. The standard InChI is InChI=1S/C24H33N3O3/c1-19-3-9-22(10-4-19)29-16-13-26-24(25-2)27-17-20-5-7-21(8-6-20)18-30-23-11-14-28-15-12-23/h3-10,23H,11-18H2,1-2H3,(H2,25,26,27). The second-order valence-corrected chi connectivity index (χ2v) is 7.45. The minimum atomic E-state index is 0.324. The van der Waals surface area contributed by atoms with Gasteiger partial charge in [0.15, 0.2) is 5.96 Å². The average Bonchev–Trinajstić information content (AvgIpc) is 2.80. The first-order chi connectivity index (χ1) is 14.7. The van der Waals surface area contributed by atoms with E-state index in [1.807, 2.05) is 24.3 Å². The number of hydrogen-bond acceptors (Lipinski definition) is 4. The van der Waals surface area contributed by atoms with Gasteiger partial charge in [0.1, 0.15) is 12.4 Å². The van der Waals surface area contributed by atoms with Crippen molar-refractivity contribution in [2.75, 3.05) is 33.4 Å². The molecule has 6 heteroatoms. The van der Waals surface area contributed by atoms with Crippen molar-refractivity contribution in [1.82, 2.24) is 10.6 Å². The molecule has 1 fully saturated rings. The molecule has 3 rings (SSSR count). The number of benzene rings is 2. The van der Waals surface area contributed by atoms with Crippen LogP contribution in [0.4, 0.5) is 0 Å². The highest BCUT2D eigenvalue weighted by atomic mass is 16.5. The molecule has 6 nitrogen and oxygen atoms in total. The van der Waals surface area contributed by atoms with Gasteiger partial charge in [-0.05, 0) is 43.0 Å². The van der Waals surface area contributed by atoms with Crippen molar-refractivity contribution < 1.29 is 14.2 Å². The average molecular weight is 412 g/mol. The fourth-order valence-electron chi connectivity index (χ4n) is 3.19. The maximum Gasteiger partial charge on any atom is 0.191 e. The van der Waals surface area contributed by atoms with E-state index in [4.69, 9.17) is 14.2 Å². The molecule has 1 saturated heterocycles. The Morgan fingerprint density at radius 3 is 2.40 bits per heavy atom. The number of hydrogen-bond donors (Lipinski definition) is 2. The summed E-state index contributed by atoms with van der Waals surface area (Å²) in [5.74, 6) is 1.64. The molecule has 30 heavy (non-hydrogen) atoms. The Bertz CT molecular complexity index is 769. The van der Waals surface area contributed by atoms with Gasteiger partial charge in [-0.1, -0.05) is 42.0 Å². The molecule has 2 aromatic carbocycles. The summed E-state index contributed by atoms with van der Waals surface area (Å²) in [7, 11) is 1.77. The number of guanidine groups is 1. The van der Waals surface area contributed by atoms with Crippen molar-refractivity contribution in [3.63, 3.8) is 0 Å². The Balaban J connectivity index is 1.33. The Morgan fingerprint density at radius 2 is 1.70 bits per heavy atom. The maximum absolute atomic E-state index is 5.98. The molecular weight excluding hydrogens is 378 g/mol. The number of nitrogens with zero attached hydrogens (tertiary/aromatic N) is 1. The van der Waals surface area contributed by atoms with Gasteiger partial charge in [0.25, 0.3) is 0 Å². The van der Waals surface area contributed by atoms with Crippen LogP contribution in [0.1, 0.15) is 29.5 Å². The van der Waals surface area contributed by atoms with Gasteiger partial charge in [0.2, 0.25) is 0 Å². The molecule has 0 bridgehead atoms. The predicted molar refractivity (Wildman–Crippen MR) is 120 cm³/mol. The summed E-state index contributed by atoms with van der Waals surface area (Å²) in [5.41, 5.74) is 3.62. The van der Waals surface area contributed by atoms with Crippen molar-refractivity contribution in [1.29, 1.82) is 0 Å². The fourth-order valence-corrected chi connectivity index (χ4v) is 3.19. The van der Waals surface area contributed by atoms with E-state index in [1.165, 1.54) is 16.7 Å². The molecule has 0 amide bonds. The van der Waals surface area contributed by atoms with Gasteiger partial charge in [0, 0.05) is 26.8 Å². The smallest absolute Gasteiger partial charge is 0.191 e. The molecule has 1 aliphatic heterocycles. The number of rotatable bonds is 9. The lowest BCUT2D eigenvalue weighted by Crippen LogP contribution is -2.38. The van der Waals surface area contributed by atoms with Crippen LogP contribution in [0.25, 0.3) is 0 Å². The number of nitrogens with one attached hydrogen (secondary N) is 2. The van der Waals surface area contributed by atoms with Crippen LogP contribution in [0.3, 0.4) is 0 Å². The summed E-state index contributed by atoms with van der Waals surface area (Å²) < 4.78 is 17.1. The Hall–Kier alpha value is -2.57. The third-order valence-corrected chi connectivity index (χ3v) is 5.04. The van der Waals surface area contributed by atoms with Crippen LogP contribution in [0.5, 0.6) is 5.75 Å². The van der Waals surface area contributed by atoms with Gasteiger partial charge >= 0.3 is 0 Å². The van der Waals surface area contributed by atoms with Gasteiger partial charge in [0.05, 0.1) is 19.3 Å². The van der Waals surface area contributed by atoms with Crippen molar-refractivity contribution >= 4 is 5.96 Å². The minimum Gasteiger partial charge on any atom is -0.492 e. The van der Waals surface area contributed by atoms with Gasteiger partial charge in [-0.3, -0.25) is 4.99 Å². The molecule has 0 atom stereocenters. The quantitative estimate of drug-likeness (QED) is 0.376.